The van der Waals surface area contributed by atoms with Crippen LogP contribution in [0.15, 0.2) is 47.4 Å². The Morgan fingerprint density at radius 3 is 2.31 bits per heavy atom. The van der Waals surface area contributed by atoms with Gasteiger partial charge in [0, 0.05) is 25.6 Å². The highest BCUT2D eigenvalue weighted by atomic mass is 32.2. The van der Waals surface area contributed by atoms with Crippen LogP contribution in [0.3, 0.4) is 0 Å². The Balaban J connectivity index is 1.53. The third-order valence-electron chi connectivity index (χ3n) is 9.72. The molecule has 2 aromatic rings. The zero-order valence-corrected chi connectivity index (χ0v) is 24.3. The zero-order valence-electron chi connectivity index (χ0n) is 23.5. The van der Waals surface area contributed by atoms with Crippen molar-refractivity contribution in [3.05, 3.63) is 65.0 Å². The van der Waals surface area contributed by atoms with Crippen molar-refractivity contribution >= 4 is 15.7 Å². The second-order valence-corrected chi connectivity index (χ2v) is 14.5. The number of fused-ring (bicyclic) bond motifs is 3. The number of sulfone groups is 1. The molecule has 230 valence electrons. The number of carbonyl (C=O) groups excluding carboxylic acids is 1. The molecule has 5 rings (SSSR count). The van der Waals surface area contributed by atoms with E-state index in [1.807, 2.05) is 7.05 Å². The molecule has 1 aliphatic heterocycles. The number of piperidine rings is 1. The fourth-order valence-electron chi connectivity index (χ4n) is 7.04. The molecule has 6 nitrogen and oxygen atoms in total. The summed E-state index contributed by atoms with van der Waals surface area (Å²) < 4.78 is 96.3. The van der Waals surface area contributed by atoms with Gasteiger partial charge in [0.2, 0.25) is 11.6 Å². The maximum atomic E-state index is 14.9. The first-order valence-corrected chi connectivity index (χ1v) is 15.6. The molecule has 1 unspecified atom stereocenters. The molecule has 2 aromatic carbocycles. The fourth-order valence-corrected chi connectivity index (χ4v) is 9.51. The van der Waals surface area contributed by atoms with Crippen molar-refractivity contribution in [1.29, 1.82) is 0 Å². The van der Waals surface area contributed by atoms with Gasteiger partial charge in [0.05, 0.1) is 10.5 Å². The third-order valence-corrected chi connectivity index (χ3v) is 12.3. The number of halogens is 5. The minimum atomic E-state index is -5.18. The molecular formula is C30H35F5N2O4S. The summed E-state index contributed by atoms with van der Waals surface area (Å²) in [6.07, 6.45) is -3.72. The van der Waals surface area contributed by atoms with Crippen LogP contribution in [0.4, 0.5) is 22.0 Å². The number of nitrogens with one attached hydrogen (secondary N) is 1. The average Bonchev–Trinajstić information content (AvgIpc) is 3.35. The number of nitrogens with zero attached hydrogens (tertiary/aromatic N) is 1. The van der Waals surface area contributed by atoms with E-state index in [0.717, 1.165) is 36.4 Å². The summed E-state index contributed by atoms with van der Waals surface area (Å²) in [4.78, 5) is 15.5. The van der Waals surface area contributed by atoms with Crippen LogP contribution in [0.2, 0.25) is 0 Å². The molecule has 1 amide bonds. The summed E-state index contributed by atoms with van der Waals surface area (Å²) in [5.74, 6) is -2.51. The van der Waals surface area contributed by atoms with Gasteiger partial charge in [0.25, 0.3) is 0 Å². The molecule has 0 bridgehead atoms. The van der Waals surface area contributed by atoms with E-state index < -0.39 is 61.2 Å². The number of aryl methyl sites for hydroxylation is 1. The van der Waals surface area contributed by atoms with Gasteiger partial charge in [-0.15, -0.1) is 0 Å². The monoisotopic (exact) mass is 614 g/mol. The molecule has 2 N–H and O–H groups in total. The molecule has 0 spiro atoms. The van der Waals surface area contributed by atoms with Crippen LogP contribution in [0.5, 0.6) is 0 Å². The normalized spacial score (nSPS) is 27.5. The number of benzene rings is 2. The average molecular weight is 615 g/mol. The van der Waals surface area contributed by atoms with Gasteiger partial charge >= 0.3 is 6.18 Å². The van der Waals surface area contributed by atoms with Gasteiger partial charge in [0.1, 0.15) is 10.6 Å². The van der Waals surface area contributed by atoms with Crippen LogP contribution in [0, 0.1) is 17.7 Å². The smallest absolute Gasteiger partial charge is 0.388 e. The van der Waals surface area contributed by atoms with Crippen LogP contribution in [0.1, 0.15) is 55.7 Å². The Hall–Kier alpha value is -2.57. The highest BCUT2D eigenvalue weighted by Crippen LogP contribution is 2.59. The van der Waals surface area contributed by atoms with Gasteiger partial charge in [-0.3, -0.25) is 4.79 Å². The number of carbonyl (C=O) groups is 1. The molecule has 0 aromatic heterocycles. The van der Waals surface area contributed by atoms with Gasteiger partial charge in [-0.1, -0.05) is 18.2 Å². The number of rotatable bonds is 6. The molecule has 2 fully saturated rings. The maximum absolute atomic E-state index is 14.9. The number of aliphatic hydroxyl groups is 1. The summed E-state index contributed by atoms with van der Waals surface area (Å²) in [7, 11) is -2.36. The lowest BCUT2D eigenvalue weighted by molar-refractivity contribution is -0.228. The second-order valence-electron chi connectivity index (χ2n) is 12.3. The van der Waals surface area contributed by atoms with Crippen molar-refractivity contribution < 1.29 is 40.3 Å². The largest absolute Gasteiger partial charge is 0.426 e. The quantitative estimate of drug-likeness (QED) is 0.361. The first-order valence-electron chi connectivity index (χ1n) is 14.1. The van der Waals surface area contributed by atoms with Crippen molar-refractivity contribution in [2.75, 3.05) is 26.7 Å². The topological polar surface area (TPSA) is 86.7 Å². The van der Waals surface area contributed by atoms with E-state index in [1.165, 1.54) is 6.07 Å². The number of hydrogen-bond donors (Lipinski definition) is 2. The Bertz CT molecular complexity index is 1450. The first kappa shape index (κ1) is 30.9. The molecule has 42 heavy (non-hydrogen) atoms. The second kappa shape index (κ2) is 10.6. The minimum absolute atomic E-state index is 0.00301. The van der Waals surface area contributed by atoms with Crippen molar-refractivity contribution in [2.24, 2.45) is 11.8 Å². The molecule has 1 saturated heterocycles. The van der Waals surface area contributed by atoms with Crippen molar-refractivity contribution in [3.8, 4) is 0 Å². The molecule has 0 radical (unpaired) electrons. The molecule has 4 atom stereocenters. The lowest BCUT2D eigenvalue weighted by Crippen LogP contribution is -2.52. The maximum Gasteiger partial charge on any atom is 0.426 e. The highest BCUT2D eigenvalue weighted by molar-refractivity contribution is 7.92. The summed E-state index contributed by atoms with van der Waals surface area (Å²) >= 11 is 0. The summed E-state index contributed by atoms with van der Waals surface area (Å²) in [6, 6.07) is 7.64. The Morgan fingerprint density at radius 1 is 1.05 bits per heavy atom. The van der Waals surface area contributed by atoms with Gasteiger partial charge in [-0.2, -0.15) is 13.2 Å². The first-order chi connectivity index (χ1) is 19.5. The van der Waals surface area contributed by atoms with Crippen LogP contribution in [-0.4, -0.2) is 62.8 Å². The lowest BCUT2D eigenvalue weighted by atomic mass is 9.72. The van der Waals surface area contributed by atoms with E-state index in [2.05, 4.69) is 10.2 Å². The van der Waals surface area contributed by atoms with Crippen LogP contribution in [0.25, 0.3) is 0 Å². The van der Waals surface area contributed by atoms with Crippen LogP contribution >= 0.6 is 0 Å². The number of hydrogen-bond acceptors (Lipinski definition) is 5. The number of alkyl halides is 4. The van der Waals surface area contributed by atoms with E-state index >= 15 is 0 Å². The Kier molecular flexibility index (Phi) is 7.76. The summed E-state index contributed by atoms with van der Waals surface area (Å²) in [5.41, 5.74) is -4.82. The van der Waals surface area contributed by atoms with Gasteiger partial charge in [0.15, 0.2) is 9.84 Å². The molecule has 1 saturated carbocycles. The SMILES string of the molecule is CN1CCC(O)(CNC(=O)[C@@H]2CC[C@@]3(S(=O)(=O)c4ccc(F)cc4)c4ccc(C(C)(F)C(F)(F)F)cc4CC[C@@H]23)CC1. The Morgan fingerprint density at radius 2 is 1.69 bits per heavy atom. The van der Waals surface area contributed by atoms with Crippen molar-refractivity contribution in [1.82, 2.24) is 10.2 Å². The van der Waals surface area contributed by atoms with Gasteiger partial charge in [-0.05, 0) is 99.4 Å². The van der Waals surface area contributed by atoms with E-state index in [1.54, 1.807) is 0 Å². The van der Waals surface area contributed by atoms with Gasteiger partial charge in [-0.25, -0.2) is 17.2 Å². The van der Waals surface area contributed by atoms with E-state index in [-0.39, 0.29) is 48.3 Å². The standard InChI is InChI=1S/C30H35F5N2O4S/c1-27(32,30(33,34)35)20-4-10-24-19(17-20)3-9-25-23(26(38)36-18-28(39)13-15-37(2)16-14-28)11-12-29(24,25)42(40,41)22-7-5-21(31)6-8-22/h4-8,10,17,23,25,39H,3,9,11-16,18H2,1-2H3,(H,36,38)/t23-,25+,27?,29-/m1/s1. The third kappa shape index (κ3) is 5.02. The zero-order chi connectivity index (χ0) is 30.7. The van der Waals surface area contributed by atoms with Crippen molar-refractivity contribution in [2.45, 2.75) is 72.5 Å². The molecule has 12 heteroatoms. The van der Waals surface area contributed by atoms with E-state index in [0.29, 0.717) is 32.9 Å². The number of amides is 1. The predicted molar refractivity (Wildman–Crippen MR) is 145 cm³/mol. The van der Waals surface area contributed by atoms with Crippen LogP contribution < -0.4 is 5.32 Å². The predicted octanol–water partition coefficient (Wildman–Crippen LogP) is 4.79. The molecule has 2 aliphatic carbocycles. The number of likely N-dealkylation sites (tertiary alicyclic amines) is 1. The minimum Gasteiger partial charge on any atom is -0.388 e. The lowest BCUT2D eigenvalue weighted by Gasteiger charge is -2.42. The van der Waals surface area contributed by atoms with E-state index in [9.17, 15) is 40.3 Å². The summed E-state index contributed by atoms with van der Waals surface area (Å²) in [5, 5.41) is 13.8. The summed E-state index contributed by atoms with van der Waals surface area (Å²) in [6.45, 7) is 1.79. The highest BCUT2D eigenvalue weighted by Gasteiger charge is 2.62. The van der Waals surface area contributed by atoms with Crippen molar-refractivity contribution in [3.63, 3.8) is 0 Å². The fraction of sp³-hybridized carbons (Fsp3) is 0.567. The van der Waals surface area contributed by atoms with Gasteiger partial charge < -0.3 is 15.3 Å². The van der Waals surface area contributed by atoms with E-state index in [4.69, 9.17) is 0 Å². The molecule has 3 aliphatic rings. The van der Waals surface area contributed by atoms with Crippen LogP contribution in [-0.2, 0) is 31.5 Å². The molecule has 1 heterocycles. The Labute approximate surface area is 242 Å². The molecular weight excluding hydrogens is 579 g/mol.